The van der Waals surface area contributed by atoms with Gasteiger partial charge in [0.15, 0.2) is 0 Å². The van der Waals surface area contributed by atoms with E-state index in [9.17, 15) is 4.39 Å². The number of anilines is 2. The van der Waals surface area contributed by atoms with E-state index in [0.717, 1.165) is 26.3 Å². The average molecular weight is 208 g/mol. The highest BCUT2D eigenvalue weighted by atomic mass is 19.1. The predicted octanol–water partition coefficient (Wildman–Crippen LogP) is 1.24. The summed E-state index contributed by atoms with van der Waals surface area (Å²) in [5, 5.41) is 0. The quantitative estimate of drug-likeness (QED) is 0.706. The minimum Gasteiger partial charge on any atom is -0.399 e. The number of nitrogens with two attached hydrogens (primary N) is 1. The van der Waals surface area contributed by atoms with E-state index in [4.69, 9.17) is 10.5 Å². The molecule has 0 saturated carbocycles. The van der Waals surface area contributed by atoms with Crippen molar-refractivity contribution in [2.75, 3.05) is 36.9 Å². The Morgan fingerprint density at radius 3 is 2.60 bits per heavy atom. The fourth-order valence-electron chi connectivity index (χ4n) is 2.29. The summed E-state index contributed by atoms with van der Waals surface area (Å²) < 4.78 is 18.7. The molecule has 0 aliphatic carbocycles. The Morgan fingerprint density at radius 1 is 1.33 bits per heavy atom. The SMILES string of the molecule is Nc1ccc(N2CC3(COC3)C2)c(F)c1. The molecule has 15 heavy (non-hydrogen) atoms. The van der Waals surface area contributed by atoms with Crippen molar-refractivity contribution in [3.8, 4) is 0 Å². The molecule has 2 aliphatic heterocycles. The molecular weight excluding hydrogens is 195 g/mol. The van der Waals surface area contributed by atoms with Crippen molar-refractivity contribution < 1.29 is 9.13 Å². The van der Waals surface area contributed by atoms with Crippen molar-refractivity contribution in [3.05, 3.63) is 24.0 Å². The maximum atomic E-state index is 13.5. The van der Waals surface area contributed by atoms with Gasteiger partial charge in [-0.1, -0.05) is 0 Å². The van der Waals surface area contributed by atoms with Gasteiger partial charge in [0.25, 0.3) is 0 Å². The van der Waals surface area contributed by atoms with Crippen LogP contribution in [0.1, 0.15) is 0 Å². The van der Waals surface area contributed by atoms with Crippen LogP contribution in [-0.4, -0.2) is 26.3 Å². The van der Waals surface area contributed by atoms with Crippen LogP contribution in [0.2, 0.25) is 0 Å². The Labute approximate surface area is 87.6 Å². The molecule has 1 spiro atoms. The molecule has 0 atom stereocenters. The normalized spacial score (nSPS) is 22.3. The largest absolute Gasteiger partial charge is 0.399 e. The second kappa shape index (κ2) is 2.85. The number of nitrogens with zero attached hydrogens (tertiary/aromatic N) is 1. The fourth-order valence-corrected chi connectivity index (χ4v) is 2.29. The van der Waals surface area contributed by atoms with Crippen LogP contribution in [0, 0.1) is 11.2 Å². The van der Waals surface area contributed by atoms with Gasteiger partial charge >= 0.3 is 0 Å². The molecule has 0 aromatic heterocycles. The van der Waals surface area contributed by atoms with Crippen LogP contribution < -0.4 is 10.6 Å². The number of rotatable bonds is 1. The Kier molecular flexibility index (Phi) is 1.71. The van der Waals surface area contributed by atoms with E-state index in [1.54, 1.807) is 12.1 Å². The first kappa shape index (κ1) is 8.97. The lowest BCUT2D eigenvalue weighted by Crippen LogP contribution is -2.66. The van der Waals surface area contributed by atoms with E-state index in [1.165, 1.54) is 6.07 Å². The Hall–Kier alpha value is -1.29. The highest BCUT2D eigenvalue weighted by Crippen LogP contribution is 2.40. The van der Waals surface area contributed by atoms with Crippen LogP contribution in [0.4, 0.5) is 15.8 Å². The van der Waals surface area contributed by atoms with E-state index in [1.807, 2.05) is 4.90 Å². The van der Waals surface area contributed by atoms with Gasteiger partial charge in [0, 0.05) is 18.8 Å². The van der Waals surface area contributed by atoms with Crippen LogP contribution in [0.3, 0.4) is 0 Å². The van der Waals surface area contributed by atoms with Crippen molar-refractivity contribution in [2.24, 2.45) is 5.41 Å². The Balaban J connectivity index is 1.77. The van der Waals surface area contributed by atoms with E-state index in [0.29, 0.717) is 16.8 Å². The third-order valence-corrected chi connectivity index (χ3v) is 3.18. The van der Waals surface area contributed by atoms with Gasteiger partial charge in [-0.2, -0.15) is 0 Å². The number of ether oxygens (including phenoxy) is 1. The molecule has 2 aliphatic rings. The lowest BCUT2D eigenvalue weighted by atomic mass is 9.78. The molecule has 80 valence electrons. The van der Waals surface area contributed by atoms with Gasteiger partial charge in [-0.25, -0.2) is 4.39 Å². The zero-order valence-corrected chi connectivity index (χ0v) is 8.37. The second-order valence-electron chi connectivity index (χ2n) is 4.56. The van der Waals surface area contributed by atoms with Crippen LogP contribution in [0.5, 0.6) is 0 Å². The number of nitrogen functional groups attached to an aromatic ring is 1. The number of hydrogen-bond donors (Lipinski definition) is 1. The minimum absolute atomic E-state index is 0.231. The zero-order chi connectivity index (χ0) is 10.5. The summed E-state index contributed by atoms with van der Waals surface area (Å²) in [5.74, 6) is -0.231. The lowest BCUT2D eigenvalue weighted by Gasteiger charge is -2.56. The standard InChI is InChI=1S/C11H13FN2O/c12-9-3-8(13)1-2-10(9)14-4-11(5-14)6-15-7-11/h1-3H,4-7,13H2. The number of halogens is 1. The first-order valence-electron chi connectivity index (χ1n) is 5.06. The van der Waals surface area contributed by atoms with Crippen LogP contribution >= 0.6 is 0 Å². The summed E-state index contributed by atoms with van der Waals surface area (Å²) >= 11 is 0. The van der Waals surface area contributed by atoms with Crippen LogP contribution in [0.15, 0.2) is 18.2 Å². The maximum Gasteiger partial charge on any atom is 0.148 e. The monoisotopic (exact) mass is 208 g/mol. The van der Waals surface area contributed by atoms with E-state index in [2.05, 4.69) is 0 Å². The summed E-state index contributed by atoms with van der Waals surface area (Å²) in [6.07, 6.45) is 0. The van der Waals surface area contributed by atoms with Crippen molar-refractivity contribution in [3.63, 3.8) is 0 Å². The molecule has 2 saturated heterocycles. The fraction of sp³-hybridized carbons (Fsp3) is 0.455. The van der Waals surface area contributed by atoms with Crippen molar-refractivity contribution in [1.82, 2.24) is 0 Å². The molecule has 1 aromatic carbocycles. The molecule has 2 heterocycles. The van der Waals surface area contributed by atoms with Crippen LogP contribution in [0.25, 0.3) is 0 Å². The van der Waals surface area contributed by atoms with E-state index in [-0.39, 0.29) is 5.82 Å². The summed E-state index contributed by atoms with van der Waals surface area (Å²) in [5.41, 5.74) is 6.94. The molecule has 2 fully saturated rings. The Morgan fingerprint density at radius 2 is 2.07 bits per heavy atom. The van der Waals surface area contributed by atoms with Crippen molar-refractivity contribution in [2.45, 2.75) is 0 Å². The molecule has 0 unspecified atom stereocenters. The van der Waals surface area contributed by atoms with Gasteiger partial charge in [0.1, 0.15) is 5.82 Å². The van der Waals surface area contributed by atoms with Crippen molar-refractivity contribution in [1.29, 1.82) is 0 Å². The molecule has 0 radical (unpaired) electrons. The van der Waals surface area contributed by atoms with Gasteiger partial charge in [-0.3, -0.25) is 0 Å². The molecule has 3 nitrogen and oxygen atoms in total. The topological polar surface area (TPSA) is 38.5 Å². The molecule has 2 N–H and O–H groups in total. The molecule has 0 amide bonds. The van der Waals surface area contributed by atoms with Gasteiger partial charge in [-0.05, 0) is 18.2 Å². The summed E-state index contributed by atoms with van der Waals surface area (Å²) in [6.45, 7) is 3.43. The van der Waals surface area contributed by atoms with Gasteiger partial charge < -0.3 is 15.4 Å². The second-order valence-corrected chi connectivity index (χ2v) is 4.56. The van der Waals surface area contributed by atoms with Crippen LogP contribution in [-0.2, 0) is 4.74 Å². The Bertz CT molecular complexity index is 396. The molecule has 4 heteroatoms. The van der Waals surface area contributed by atoms with Crippen molar-refractivity contribution >= 4 is 11.4 Å². The molecule has 0 bridgehead atoms. The molecule has 1 aromatic rings. The number of benzene rings is 1. The van der Waals surface area contributed by atoms with Gasteiger partial charge in [0.2, 0.25) is 0 Å². The summed E-state index contributed by atoms with van der Waals surface area (Å²) in [6, 6.07) is 4.86. The first-order valence-corrected chi connectivity index (χ1v) is 5.06. The highest BCUT2D eigenvalue weighted by molar-refractivity contribution is 5.56. The average Bonchev–Trinajstić information content (AvgIpc) is 2.03. The molecular formula is C11H13FN2O. The predicted molar refractivity (Wildman–Crippen MR) is 56.3 cm³/mol. The van der Waals surface area contributed by atoms with Gasteiger partial charge in [0.05, 0.1) is 24.3 Å². The summed E-state index contributed by atoms with van der Waals surface area (Å²) in [7, 11) is 0. The zero-order valence-electron chi connectivity index (χ0n) is 8.37. The smallest absolute Gasteiger partial charge is 0.148 e. The third-order valence-electron chi connectivity index (χ3n) is 3.18. The van der Waals surface area contributed by atoms with E-state index >= 15 is 0 Å². The third kappa shape index (κ3) is 1.28. The minimum atomic E-state index is -0.231. The lowest BCUT2D eigenvalue weighted by molar-refractivity contribution is -0.127. The highest BCUT2D eigenvalue weighted by Gasteiger charge is 2.49. The maximum absolute atomic E-state index is 13.5. The molecule has 3 rings (SSSR count). The summed E-state index contributed by atoms with van der Waals surface area (Å²) in [4.78, 5) is 2.04. The van der Waals surface area contributed by atoms with E-state index < -0.39 is 0 Å². The van der Waals surface area contributed by atoms with Gasteiger partial charge in [-0.15, -0.1) is 0 Å². The first-order chi connectivity index (χ1) is 7.19. The number of hydrogen-bond acceptors (Lipinski definition) is 3.